The molecule has 1 aromatic rings. The number of hydrogen-bond acceptors (Lipinski definition) is 3. The lowest BCUT2D eigenvalue weighted by Gasteiger charge is -2.10. The Kier molecular flexibility index (Phi) is 8.45. The van der Waals surface area contributed by atoms with Crippen LogP contribution in [0.1, 0.15) is 43.7 Å². The molecule has 3 nitrogen and oxygen atoms in total. The maximum absolute atomic E-state index is 12.6. The summed E-state index contributed by atoms with van der Waals surface area (Å²) >= 11 is 0. The average molecular weight is 318 g/mol. The number of alkyl halides is 3. The predicted molar refractivity (Wildman–Crippen MR) is 81.3 cm³/mol. The van der Waals surface area contributed by atoms with E-state index in [4.69, 9.17) is 5.11 Å². The van der Waals surface area contributed by atoms with Gasteiger partial charge in [-0.15, -0.1) is 0 Å². The van der Waals surface area contributed by atoms with Crippen LogP contribution in [0.2, 0.25) is 0 Å². The largest absolute Gasteiger partial charge is 0.416 e. The highest BCUT2D eigenvalue weighted by atomic mass is 19.4. The van der Waals surface area contributed by atoms with Crippen molar-refractivity contribution in [2.24, 2.45) is 0 Å². The predicted octanol–water partition coefficient (Wildman–Crippen LogP) is 3.28. The fourth-order valence-electron chi connectivity index (χ4n) is 2.13. The molecule has 0 aromatic heterocycles. The second kappa shape index (κ2) is 9.82. The second-order valence-corrected chi connectivity index (χ2v) is 5.42. The quantitative estimate of drug-likeness (QED) is 0.458. The number of benzene rings is 1. The highest BCUT2D eigenvalue weighted by Crippen LogP contribution is 2.29. The van der Waals surface area contributed by atoms with Gasteiger partial charge < -0.3 is 10.4 Å². The number of aliphatic hydroxyl groups excluding tert-OH is 1. The minimum atomic E-state index is -4.28. The topological polar surface area (TPSA) is 44.3 Å². The Labute approximate surface area is 129 Å². The van der Waals surface area contributed by atoms with Gasteiger partial charge in [-0.05, 0) is 44.5 Å². The summed E-state index contributed by atoms with van der Waals surface area (Å²) in [7, 11) is 0. The molecule has 0 amide bonds. The van der Waals surface area contributed by atoms with E-state index >= 15 is 0 Å². The van der Waals surface area contributed by atoms with Gasteiger partial charge in [-0.1, -0.05) is 31.0 Å². The molecule has 6 heteroatoms. The van der Waals surface area contributed by atoms with E-state index in [0.29, 0.717) is 12.1 Å². The minimum absolute atomic E-state index is 0.452. The summed E-state index contributed by atoms with van der Waals surface area (Å²) in [5.41, 5.74) is 0.0494. The molecule has 0 heterocycles. The lowest BCUT2D eigenvalue weighted by Crippen LogP contribution is -2.26. The van der Waals surface area contributed by atoms with Crippen LogP contribution in [0.3, 0.4) is 0 Å². The monoisotopic (exact) mass is 318 g/mol. The van der Waals surface area contributed by atoms with E-state index in [1.165, 1.54) is 12.1 Å². The summed E-state index contributed by atoms with van der Waals surface area (Å²) in [6.45, 7) is 3.74. The van der Waals surface area contributed by atoms with Crippen molar-refractivity contribution < 1.29 is 18.3 Å². The number of unbranched alkanes of at least 4 members (excludes halogenated alkanes) is 3. The highest BCUT2D eigenvalue weighted by molar-refractivity contribution is 5.25. The fourth-order valence-corrected chi connectivity index (χ4v) is 2.13. The third kappa shape index (κ3) is 8.36. The van der Waals surface area contributed by atoms with E-state index in [1.54, 1.807) is 13.0 Å². The molecule has 0 aliphatic carbocycles. The number of aliphatic hydroxyl groups is 1. The lowest BCUT2D eigenvalue weighted by atomic mass is 10.1. The van der Waals surface area contributed by atoms with E-state index < -0.39 is 18.0 Å². The molecule has 0 saturated carbocycles. The van der Waals surface area contributed by atoms with Gasteiger partial charge in [0.1, 0.15) is 6.23 Å². The maximum atomic E-state index is 12.6. The van der Waals surface area contributed by atoms with Crippen LogP contribution in [0.15, 0.2) is 24.3 Å². The molecule has 1 unspecified atom stereocenters. The molecule has 0 fully saturated rings. The van der Waals surface area contributed by atoms with Gasteiger partial charge in [-0.3, -0.25) is 5.32 Å². The first-order chi connectivity index (χ1) is 10.4. The van der Waals surface area contributed by atoms with E-state index in [1.807, 2.05) is 0 Å². The van der Waals surface area contributed by atoms with Gasteiger partial charge in [0.2, 0.25) is 0 Å². The van der Waals surface area contributed by atoms with Gasteiger partial charge >= 0.3 is 6.18 Å². The van der Waals surface area contributed by atoms with Crippen molar-refractivity contribution in [3.8, 4) is 0 Å². The normalized spacial score (nSPS) is 13.3. The van der Waals surface area contributed by atoms with Crippen molar-refractivity contribution in [2.75, 3.05) is 13.1 Å². The van der Waals surface area contributed by atoms with Crippen LogP contribution >= 0.6 is 0 Å². The molecule has 0 aliphatic heterocycles. The summed E-state index contributed by atoms with van der Waals surface area (Å²) in [4.78, 5) is 0. The molecule has 126 valence electrons. The molecule has 22 heavy (non-hydrogen) atoms. The second-order valence-electron chi connectivity index (χ2n) is 5.42. The zero-order chi connectivity index (χ0) is 16.4. The smallest absolute Gasteiger partial charge is 0.379 e. The maximum Gasteiger partial charge on any atom is 0.416 e. The first-order valence-corrected chi connectivity index (χ1v) is 7.68. The minimum Gasteiger partial charge on any atom is -0.379 e. The molecule has 0 radical (unpaired) electrons. The third-order valence-electron chi connectivity index (χ3n) is 3.30. The Morgan fingerprint density at radius 2 is 1.77 bits per heavy atom. The van der Waals surface area contributed by atoms with Crippen molar-refractivity contribution in [2.45, 2.75) is 51.6 Å². The summed E-state index contributed by atoms with van der Waals surface area (Å²) in [6.07, 6.45) is -0.598. The van der Waals surface area contributed by atoms with Crippen LogP contribution in [0.5, 0.6) is 0 Å². The number of halogens is 3. The SMILES string of the molecule is CC(O)NCCCCCCNCc1cccc(C(F)(F)F)c1. The number of nitrogens with one attached hydrogen (secondary N) is 2. The first-order valence-electron chi connectivity index (χ1n) is 7.68. The first kappa shape index (κ1) is 18.9. The van der Waals surface area contributed by atoms with E-state index in [0.717, 1.165) is 44.8 Å². The van der Waals surface area contributed by atoms with Gasteiger partial charge in [-0.2, -0.15) is 13.2 Å². The Morgan fingerprint density at radius 3 is 2.41 bits per heavy atom. The van der Waals surface area contributed by atoms with Gasteiger partial charge in [-0.25, -0.2) is 0 Å². The van der Waals surface area contributed by atoms with E-state index in [2.05, 4.69) is 10.6 Å². The van der Waals surface area contributed by atoms with Crippen molar-refractivity contribution in [1.29, 1.82) is 0 Å². The number of hydrogen-bond donors (Lipinski definition) is 3. The van der Waals surface area contributed by atoms with Gasteiger partial charge in [0.15, 0.2) is 0 Å². The molecule has 0 bridgehead atoms. The molecule has 0 spiro atoms. The fraction of sp³-hybridized carbons (Fsp3) is 0.625. The van der Waals surface area contributed by atoms with Crippen LogP contribution in [-0.2, 0) is 12.7 Å². The van der Waals surface area contributed by atoms with Crippen LogP contribution in [0, 0.1) is 0 Å². The van der Waals surface area contributed by atoms with Crippen LogP contribution in [-0.4, -0.2) is 24.4 Å². The van der Waals surface area contributed by atoms with Crippen LogP contribution in [0.25, 0.3) is 0 Å². The Bertz CT molecular complexity index is 422. The molecule has 1 atom stereocenters. The summed E-state index contributed by atoms with van der Waals surface area (Å²) in [6, 6.07) is 5.42. The van der Waals surface area contributed by atoms with Crippen molar-refractivity contribution in [1.82, 2.24) is 10.6 Å². The van der Waals surface area contributed by atoms with Crippen molar-refractivity contribution in [3.05, 3.63) is 35.4 Å². The molecule has 1 rings (SSSR count). The average Bonchev–Trinajstić information content (AvgIpc) is 2.44. The van der Waals surface area contributed by atoms with E-state index in [-0.39, 0.29) is 0 Å². The zero-order valence-electron chi connectivity index (χ0n) is 12.9. The molecule has 1 aromatic carbocycles. The van der Waals surface area contributed by atoms with E-state index in [9.17, 15) is 13.2 Å². The Morgan fingerprint density at radius 1 is 1.09 bits per heavy atom. The lowest BCUT2D eigenvalue weighted by molar-refractivity contribution is -0.137. The Hall–Kier alpha value is -1.11. The molecule has 0 saturated heterocycles. The molecule has 3 N–H and O–H groups in total. The highest BCUT2D eigenvalue weighted by Gasteiger charge is 2.30. The van der Waals surface area contributed by atoms with Crippen LogP contribution in [0.4, 0.5) is 13.2 Å². The summed E-state index contributed by atoms with van der Waals surface area (Å²) in [5, 5.41) is 15.1. The van der Waals surface area contributed by atoms with Gasteiger partial charge in [0, 0.05) is 6.54 Å². The summed E-state index contributed by atoms with van der Waals surface area (Å²) in [5.74, 6) is 0. The molecular weight excluding hydrogens is 293 g/mol. The van der Waals surface area contributed by atoms with Crippen molar-refractivity contribution in [3.63, 3.8) is 0 Å². The van der Waals surface area contributed by atoms with Gasteiger partial charge in [0.05, 0.1) is 5.56 Å². The third-order valence-corrected chi connectivity index (χ3v) is 3.30. The standard InChI is InChI=1S/C16H25F3N2O/c1-13(22)21-10-5-3-2-4-9-20-12-14-7-6-8-15(11-14)16(17,18)19/h6-8,11,13,20-22H,2-5,9-10,12H2,1H3. The Balaban J connectivity index is 2.10. The van der Waals surface area contributed by atoms with Gasteiger partial charge in [0.25, 0.3) is 0 Å². The van der Waals surface area contributed by atoms with Crippen LogP contribution < -0.4 is 10.6 Å². The summed E-state index contributed by atoms with van der Waals surface area (Å²) < 4.78 is 37.7. The molecule has 0 aliphatic rings. The zero-order valence-corrected chi connectivity index (χ0v) is 12.9. The van der Waals surface area contributed by atoms with Crippen molar-refractivity contribution >= 4 is 0 Å². The molecular formula is C16H25F3N2O. The number of rotatable bonds is 10.